The highest BCUT2D eigenvalue weighted by atomic mass is 35.5. The minimum atomic E-state index is -3.63. The van der Waals surface area contributed by atoms with E-state index in [4.69, 9.17) is 11.6 Å². The van der Waals surface area contributed by atoms with Crippen LogP contribution in [0.2, 0.25) is 0 Å². The molecule has 3 aromatic rings. The Bertz CT molecular complexity index is 1130. The average Bonchev–Trinajstić information content (AvgIpc) is 3.07. The van der Waals surface area contributed by atoms with Gasteiger partial charge in [-0.3, -0.25) is 4.31 Å². The Kier molecular flexibility index (Phi) is 5.21. The lowest BCUT2D eigenvalue weighted by Gasteiger charge is -2.31. The zero-order valence-corrected chi connectivity index (χ0v) is 17.4. The Morgan fingerprint density at radius 3 is 2.64 bits per heavy atom. The van der Waals surface area contributed by atoms with E-state index in [1.807, 2.05) is 43.3 Å². The molecule has 4 rings (SSSR count). The molecule has 0 fully saturated rings. The molecular formula is C22H23ClN2O2S. The number of aromatic nitrogens is 1. The molecule has 28 heavy (non-hydrogen) atoms. The molecule has 6 heteroatoms. The fraction of sp³-hybridized carbons (Fsp3) is 0.273. The van der Waals surface area contributed by atoms with Gasteiger partial charge < -0.3 is 4.98 Å². The van der Waals surface area contributed by atoms with Crippen LogP contribution >= 0.6 is 11.6 Å². The third-order valence-corrected chi connectivity index (χ3v) is 7.28. The van der Waals surface area contributed by atoms with Crippen molar-refractivity contribution in [1.29, 1.82) is 0 Å². The van der Waals surface area contributed by atoms with Gasteiger partial charge in [-0.25, -0.2) is 8.42 Å². The van der Waals surface area contributed by atoms with E-state index in [-0.39, 0.29) is 0 Å². The van der Waals surface area contributed by atoms with Gasteiger partial charge in [0, 0.05) is 23.3 Å². The number of aromatic amines is 1. The van der Waals surface area contributed by atoms with Crippen LogP contribution in [-0.2, 0) is 16.4 Å². The van der Waals surface area contributed by atoms with E-state index in [2.05, 4.69) is 11.1 Å². The molecule has 4 nitrogen and oxygen atoms in total. The van der Waals surface area contributed by atoms with Crippen LogP contribution in [0, 0.1) is 6.92 Å². The minimum Gasteiger partial charge on any atom is -0.353 e. The molecule has 0 bridgehead atoms. The maximum Gasteiger partial charge on any atom is 0.264 e. The van der Waals surface area contributed by atoms with Gasteiger partial charge in [0.2, 0.25) is 0 Å². The summed E-state index contributed by atoms with van der Waals surface area (Å²) in [6.45, 7) is 2.38. The Hall–Kier alpha value is -2.24. The van der Waals surface area contributed by atoms with Gasteiger partial charge in [-0.15, -0.1) is 11.6 Å². The number of nitrogens with zero attached hydrogens (tertiary/aromatic N) is 1. The van der Waals surface area contributed by atoms with Crippen LogP contribution in [0.4, 0.5) is 0 Å². The number of alkyl halides is 1. The standard InChI is InChI=1S/C22H23ClN2O2S/c1-16-9-11-17(12-10-16)28(26,27)25-15-13-19-18-6-2-3-7-20(18)24-22(19)21(25)8-4-5-14-23/h2-3,6-12,24H,4-5,13-15H2,1H3/b21-8+. The highest BCUT2D eigenvalue weighted by Crippen LogP contribution is 2.37. The van der Waals surface area contributed by atoms with E-state index < -0.39 is 10.0 Å². The summed E-state index contributed by atoms with van der Waals surface area (Å²) >= 11 is 5.85. The molecule has 1 aliphatic heterocycles. The number of nitrogens with one attached hydrogen (secondary N) is 1. The topological polar surface area (TPSA) is 53.2 Å². The molecule has 1 aliphatic rings. The average molecular weight is 415 g/mol. The summed E-state index contributed by atoms with van der Waals surface area (Å²) in [6.07, 6.45) is 4.21. The molecule has 0 unspecified atom stereocenters. The third-order valence-electron chi connectivity index (χ3n) is 5.19. The summed E-state index contributed by atoms with van der Waals surface area (Å²) in [4.78, 5) is 3.77. The molecule has 0 spiro atoms. The first-order valence-corrected chi connectivity index (χ1v) is 11.5. The van der Waals surface area contributed by atoms with Gasteiger partial charge in [0.15, 0.2) is 0 Å². The number of allylic oxidation sites excluding steroid dienone is 1. The first-order chi connectivity index (χ1) is 13.5. The molecule has 2 aromatic carbocycles. The van der Waals surface area contributed by atoms with Crippen molar-refractivity contribution in [1.82, 2.24) is 9.29 Å². The van der Waals surface area contributed by atoms with Crippen LogP contribution in [0.15, 0.2) is 59.5 Å². The number of hydrogen-bond acceptors (Lipinski definition) is 2. The fourth-order valence-electron chi connectivity index (χ4n) is 3.74. The lowest BCUT2D eigenvalue weighted by atomic mass is 10.0. The van der Waals surface area contributed by atoms with Crippen molar-refractivity contribution in [3.63, 3.8) is 0 Å². The van der Waals surface area contributed by atoms with Gasteiger partial charge in [-0.05, 0) is 49.9 Å². The second-order valence-corrected chi connectivity index (χ2v) is 9.33. The smallest absolute Gasteiger partial charge is 0.264 e. The Morgan fingerprint density at radius 2 is 1.89 bits per heavy atom. The Morgan fingerprint density at radius 1 is 1.14 bits per heavy atom. The number of rotatable bonds is 5. The van der Waals surface area contributed by atoms with Crippen LogP contribution in [0.1, 0.15) is 29.7 Å². The molecule has 0 atom stereocenters. The van der Waals surface area contributed by atoms with Crippen LogP contribution < -0.4 is 0 Å². The lowest BCUT2D eigenvalue weighted by Crippen LogP contribution is -2.35. The van der Waals surface area contributed by atoms with Crippen molar-refractivity contribution in [2.75, 3.05) is 12.4 Å². The Balaban J connectivity index is 1.83. The molecule has 146 valence electrons. The quantitative estimate of drug-likeness (QED) is 0.467. The number of para-hydroxylation sites is 1. The van der Waals surface area contributed by atoms with Crippen LogP contribution in [-0.4, -0.2) is 30.1 Å². The number of sulfonamides is 1. The number of aryl methyl sites for hydroxylation is 1. The first-order valence-electron chi connectivity index (χ1n) is 9.48. The number of hydrogen-bond donors (Lipinski definition) is 1. The van der Waals surface area contributed by atoms with E-state index in [0.717, 1.165) is 40.7 Å². The monoisotopic (exact) mass is 414 g/mol. The summed E-state index contributed by atoms with van der Waals surface area (Å²) in [5.41, 5.74) is 4.88. The Labute approximate surface area is 170 Å². The largest absolute Gasteiger partial charge is 0.353 e. The van der Waals surface area contributed by atoms with Gasteiger partial charge >= 0.3 is 0 Å². The lowest BCUT2D eigenvalue weighted by molar-refractivity contribution is 0.502. The number of halogens is 1. The number of unbranched alkanes of at least 4 members (excludes halogenated alkanes) is 1. The van der Waals surface area contributed by atoms with Crippen molar-refractivity contribution in [2.45, 2.75) is 31.1 Å². The molecule has 0 saturated carbocycles. The molecule has 0 aliphatic carbocycles. The van der Waals surface area contributed by atoms with Gasteiger partial charge in [0.05, 0.1) is 16.3 Å². The number of fused-ring (bicyclic) bond motifs is 3. The van der Waals surface area contributed by atoms with Crippen LogP contribution in [0.5, 0.6) is 0 Å². The van der Waals surface area contributed by atoms with Crippen molar-refractivity contribution < 1.29 is 8.42 Å². The highest BCUT2D eigenvalue weighted by Gasteiger charge is 2.33. The zero-order chi connectivity index (χ0) is 19.7. The predicted octanol–water partition coefficient (Wildman–Crippen LogP) is 5.08. The van der Waals surface area contributed by atoms with Gasteiger partial charge in [-0.1, -0.05) is 42.0 Å². The second kappa shape index (κ2) is 7.64. The highest BCUT2D eigenvalue weighted by molar-refractivity contribution is 7.89. The molecule has 1 aromatic heterocycles. The summed E-state index contributed by atoms with van der Waals surface area (Å²) in [5.74, 6) is 0.550. The van der Waals surface area contributed by atoms with Crippen molar-refractivity contribution >= 4 is 38.2 Å². The van der Waals surface area contributed by atoms with Crippen molar-refractivity contribution in [3.05, 3.63) is 71.4 Å². The molecule has 2 heterocycles. The van der Waals surface area contributed by atoms with E-state index in [1.54, 1.807) is 16.4 Å². The third kappa shape index (κ3) is 3.33. The first kappa shape index (κ1) is 19.1. The summed E-state index contributed by atoms with van der Waals surface area (Å²) < 4.78 is 28.4. The van der Waals surface area contributed by atoms with Gasteiger partial charge in [0.1, 0.15) is 0 Å². The van der Waals surface area contributed by atoms with Gasteiger partial charge in [0.25, 0.3) is 10.0 Å². The molecular weight excluding hydrogens is 392 g/mol. The minimum absolute atomic E-state index is 0.320. The van der Waals surface area contributed by atoms with Crippen molar-refractivity contribution in [3.8, 4) is 0 Å². The fourth-order valence-corrected chi connectivity index (χ4v) is 5.39. The van der Waals surface area contributed by atoms with E-state index in [9.17, 15) is 8.42 Å². The number of benzene rings is 2. The van der Waals surface area contributed by atoms with E-state index >= 15 is 0 Å². The van der Waals surface area contributed by atoms with Crippen molar-refractivity contribution in [2.24, 2.45) is 0 Å². The maximum absolute atomic E-state index is 13.4. The SMILES string of the molecule is Cc1ccc(S(=O)(=O)N2CCc3c([nH]c4ccccc34)/C2=C\CCCCl)cc1. The number of H-pyrrole nitrogens is 1. The zero-order valence-electron chi connectivity index (χ0n) is 15.8. The predicted molar refractivity (Wildman–Crippen MR) is 115 cm³/mol. The van der Waals surface area contributed by atoms with Gasteiger partial charge in [-0.2, -0.15) is 0 Å². The summed E-state index contributed by atoms with van der Waals surface area (Å²) in [6, 6.07) is 15.2. The molecule has 0 amide bonds. The van der Waals surface area contributed by atoms with Crippen LogP contribution in [0.3, 0.4) is 0 Å². The normalized spacial score (nSPS) is 15.9. The van der Waals surface area contributed by atoms with E-state index in [1.165, 1.54) is 5.56 Å². The second-order valence-electron chi connectivity index (χ2n) is 7.08. The maximum atomic E-state index is 13.4. The molecule has 1 N–H and O–H groups in total. The summed E-state index contributed by atoms with van der Waals surface area (Å²) in [5, 5.41) is 1.16. The molecule has 0 radical (unpaired) electrons. The van der Waals surface area contributed by atoms with E-state index in [0.29, 0.717) is 23.7 Å². The summed E-state index contributed by atoms with van der Waals surface area (Å²) in [7, 11) is -3.63. The van der Waals surface area contributed by atoms with Crippen LogP contribution in [0.25, 0.3) is 16.6 Å². The molecule has 0 saturated heterocycles.